The summed E-state index contributed by atoms with van der Waals surface area (Å²) in [5.41, 5.74) is 0. The van der Waals surface area contributed by atoms with Gasteiger partial charge in [-0.05, 0) is 44.9 Å². The Morgan fingerprint density at radius 3 is 1.56 bits per heavy atom. The SMILES string of the molecule is CCCCC/C=C/C/C=C/CCCCCCCC(=O)OC(COC(=O)CCCCCCCCCCCCCCC)COP(=O)([O-])OCC[N+](C)(C)C. The van der Waals surface area contributed by atoms with Gasteiger partial charge in [0, 0.05) is 12.8 Å². The van der Waals surface area contributed by atoms with Crippen LogP contribution >= 0.6 is 7.82 Å². The number of hydrogen-bond acceptors (Lipinski definition) is 8. The highest BCUT2D eigenvalue weighted by Gasteiger charge is 2.21. The molecule has 2 atom stereocenters. The van der Waals surface area contributed by atoms with E-state index in [0.717, 1.165) is 57.8 Å². The van der Waals surface area contributed by atoms with Crippen molar-refractivity contribution in [3.05, 3.63) is 24.3 Å². The molecule has 0 aliphatic heterocycles. The van der Waals surface area contributed by atoms with Crippen LogP contribution in [0.5, 0.6) is 0 Å². The summed E-state index contributed by atoms with van der Waals surface area (Å²) in [4.78, 5) is 37.4. The maximum absolute atomic E-state index is 12.6. The van der Waals surface area contributed by atoms with E-state index in [1.54, 1.807) is 0 Å². The molecule has 0 aliphatic carbocycles. The Bertz CT molecular complexity index is 949. The number of carbonyl (C=O) groups is 2. The van der Waals surface area contributed by atoms with Gasteiger partial charge in [0.1, 0.15) is 19.8 Å². The van der Waals surface area contributed by atoms with Crippen molar-refractivity contribution in [3.8, 4) is 0 Å². The molecule has 0 fully saturated rings. The first-order valence-electron chi connectivity index (χ1n) is 21.0. The molecule has 0 N–H and O–H groups in total. The summed E-state index contributed by atoms with van der Waals surface area (Å²) < 4.78 is 33.8. The monoisotopic (exact) mass is 758 g/mol. The first-order valence-corrected chi connectivity index (χ1v) is 22.5. The molecular weight excluding hydrogens is 677 g/mol. The molecule has 0 saturated carbocycles. The van der Waals surface area contributed by atoms with Crippen molar-refractivity contribution in [2.75, 3.05) is 47.5 Å². The Kier molecular flexibility index (Phi) is 34.2. The van der Waals surface area contributed by atoms with Gasteiger partial charge in [-0.2, -0.15) is 0 Å². The highest BCUT2D eigenvalue weighted by molar-refractivity contribution is 7.45. The number of likely N-dealkylation sites (N-methyl/N-ethyl adjacent to an activating group) is 1. The van der Waals surface area contributed by atoms with Crippen LogP contribution in [0.2, 0.25) is 0 Å². The molecule has 0 aromatic heterocycles. The normalized spacial score (nSPS) is 13.9. The van der Waals surface area contributed by atoms with E-state index in [0.29, 0.717) is 17.4 Å². The summed E-state index contributed by atoms with van der Waals surface area (Å²) in [6.07, 6.45) is 36.2. The van der Waals surface area contributed by atoms with Crippen molar-refractivity contribution in [1.82, 2.24) is 0 Å². The van der Waals surface area contributed by atoms with E-state index in [-0.39, 0.29) is 32.0 Å². The second kappa shape index (κ2) is 35.2. The highest BCUT2D eigenvalue weighted by atomic mass is 31.2. The van der Waals surface area contributed by atoms with Crippen molar-refractivity contribution < 1.29 is 42.1 Å². The molecule has 0 bridgehead atoms. The highest BCUT2D eigenvalue weighted by Crippen LogP contribution is 2.38. The Morgan fingerprint density at radius 2 is 1.04 bits per heavy atom. The number of phosphoric acid groups is 1. The van der Waals surface area contributed by atoms with Crippen molar-refractivity contribution in [2.45, 2.75) is 187 Å². The van der Waals surface area contributed by atoms with Crippen LogP contribution < -0.4 is 4.89 Å². The van der Waals surface area contributed by atoms with Gasteiger partial charge in [-0.25, -0.2) is 0 Å². The molecule has 0 radical (unpaired) electrons. The third kappa shape index (κ3) is 38.2. The lowest BCUT2D eigenvalue weighted by Gasteiger charge is -2.28. The van der Waals surface area contributed by atoms with E-state index in [1.807, 2.05) is 21.1 Å². The fourth-order valence-electron chi connectivity index (χ4n) is 5.63. The lowest BCUT2D eigenvalue weighted by molar-refractivity contribution is -0.870. The molecule has 0 saturated heterocycles. The average molecular weight is 758 g/mol. The quantitative estimate of drug-likeness (QED) is 0.0201. The van der Waals surface area contributed by atoms with Crippen molar-refractivity contribution in [1.29, 1.82) is 0 Å². The zero-order valence-electron chi connectivity index (χ0n) is 34.3. The number of quaternary nitrogens is 1. The fraction of sp³-hybridized carbons (Fsp3) is 0.857. The van der Waals surface area contributed by atoms with E-state index < -0.39 is 26.5 Å². The average Bonchev–Trinajstić information content (AvgIpc) is 3.09. The van der Waals surface area contributed by atoms with Crippen LogP contribution in [0.25, 0.3) is 0 Å². The first-order chi connectivity index (χ1) is 25.0. The second-order valence-electron chi connectivity index (χ2n) is 15.4. The number of ether oxygens (including phenoxy) is 2. The molecule has 0 aromatic carbocycles. The van der Waals surface area contributed by atoms with Crippen LogP contribution in [0.3, 0.4) is 0 Å². The largest absolute Gasteiger partial charge is 0.756 e. The number of unbranched alkanes of at least 4 members (excludes halogenated alkanes) is 20. The Labute approximate surface area is 319 Å². The number of phosphoric ester groups is 1. The first kappa shape index (κ1) is 50.5. The van der Waals surface area contributed by atoms with Gasteiger partial charge in [0.15, 0.2) is 6.10 Å². The van der Waals surface area contributed by atoms with Gasteiger partial charge >= 0.3 is 11.9 Å². The zero-order valence-corrected chi connectivity index (χ0v) is 35.2. The summed E-state index contributed by atoms with van der Waals surface area (Å²) in [5.74, 6) is -0.846. The fourth-order valence-corrected chi connectivity index (χ4v) is 6.35. The predicted molar refractivity (Wildman–Crippen MR) is 213 cm³/mol. The van der Waals surface area contributed by atoms with E-state index in [4.69, 9.17) is 18.5 Å². The number of esters is 2. The van der Waals surface area contributed by atoms with Crippen LogP contribution in [0.15, 0.2) is 24.3 Å². The molecule has 2 unspecified atom stereocenters. The number of nitrogens with zero attached hydrogens (tertiary/aromatic N) is 1. The van der Waals surface area contributed by atoms with Gasteiger partial charge in [0.25, 0.3) is 7.82 Å². The smallest absolute Gasteiger partial charge is 0.306 e. The molecule has 10 heteroatoms. The third-order valence-corrected chi connectivity index (χ3v) is 9.94. The molecule has 0 amide bonds. The lowest BCUT2D eigenvalue weighted by Crippen LogP contribution is -2.37. The number of carbonyl (C=O) groups excluding carboxylic acids is 2. The van der Waals surface area contributed by atoms with E-state index in [2.05, 4.69) is 38.2 Å². The van der Waals surface area contributed by atoms with Gasteiger partial charge in [0.05, 0.1) is 27.7 Å². The Morgan fingerprint density at radius 1 is 0.596 bits per heavy atom. The van der Waals surface area contributed by atoms with Gasteiger partial charge in [-0.1, -0.05) is 147 Å². The van der Waals surface area contributed by atoms with Crippen LogP contribution in [-0.2, 0) is 32.7 Å². The minimum Gasteiger partial charge on any atom is -0.756 e. The van der Waals surface area contributed by atoms with Crippen molar-refractivity contribution in [3.63, 3.8) is 0 Å². The van der Waals surface area contributed by atoms with Gasteiger partial charge in [-0.15, -0.1) is 0 Å². The number of allylic oxidation sites excluding steroid dienone is 4. The van der Waals surface area contributed by atoms with Crippen LogP contribution in [0.4, 0.5) is 0 Å². The molecule has 0 heterocycles. The third-order valence-electron chi connectivity index (χ3n) is 8.97. The molecule has 306 valence electrons. The van der Waals surface area contributed by atoms with Crippen LogP contribution in [0.1, 0.15) is 181 Å². The summed E-state index contributed by atoms with van der Waals surface area (Å²) in [5, 5.41) is 0. The summed E-state index contributed by atoms with van der Waals surface area (Å²) in [7, 11) is 1.16. The molecule has 9 nitrogen and oxygen atoms in total. The van der Waals surface area contributed by atoms with Gasteiger partial charge < -0.3 is 27.9 Å². The minimum atomic E-state index is -4.62. The zero-order chi connectivity index (χ0) is 38.6. The van der Waals surface area contributed by atoms with Crippen molar-refractivity contribution in [2.24, 2.45) is 0 Å². The Hall–Kier alpha value is -1.51. The second-order valence-corrected chi connectivity index (χ2v) is 16.8. The van der Waals surface area contributed by atoms with E-state index in [9.17, 15) is 19.0 Å². The maximum Gasteiger partial charge on any atom is 0.306 e. The molecule has 0 aliphatic rings. The molecule has 0 spiro atoms. The number of hydrogen-bond donors (Lipinski definition) is 0. The standard InChI is InChI=1S/C42H80NO8P/c1-6-8-10-12-14-16-18-20-21-23-25-27-29-31-33-35-42(45)51-40(39-50-52(46,47)49-37-36-43(3,4)5)38-48-41(44)34-32-30-28-26-24-22-19-17-15-13-11-9-7-2/h14,16,20-21,40H,6-13,15,17-19,22-39H2,1-5H3/b16-14+,21-20+. The van der Waals surface area contributed by atoms with E-state index >= 15 is 0 Å². The molecular formula is C42H80NO8P. The van der Waals surface area contributed by atoms with Gasteiger partial charge in [0.2, 0.25) is 0 Å². The van der Waals surface area contributed by atoms with Crippen LogP contribution in [-0.4, -0.2) is 70.0 Å². The Balaban J connectivity index is 4.41. The molecule has 52 heavy (non-hydrogen) atoms. The van der Waals surface area contributed by atoms with Crippen LogP contribution in [0, 0.1) is 0 Å². The maximum atomic E-state index is 12.6. The molecule has 0 rings (SSSR count). The summed E-state index contributed by atoms with van der Waals surface area (Å²) >= 11 is 0. The number of rotatable bonds is 38. The predicted octanol–water partition coefficient (Wildman–Crippen LogP) is 10.9. The lowest BCUT2D eigenvalue weighted by atomic mass is 10.0. The summed E-state index contributed by atoms with van der Waals surface area (Å²) in [6.45, 7) is 4.18. The molecule has 0 aromatic rings. The topological polar surface area (TPSA) is 111 Å². The van der Waals surface area contributed by atoms with Crippen molar-refractivity contribution >= 4 is 19.8 Å². The van der Waals surface area contributed by atoms with Gasteiger partial charge in [-0.3, -0.25) is 14.2 Å². The summed E-state index contributed by atoms with van der Waals surface area (Å²) in [6, 6.07) is 0. The minimum absolute atomic E-state index is 0.0321. The van der Waals surface area contributed by atoms with E-state index in [1.165, 1.54) is 89.9 Å².